The van der Waals surface area contributed by atoms with Crippen molar-refractivity contribution in [3.8, 4) is 0 Å². The van der Waals surface area contributed by atoms with E-state index in [-0.39, 0.29) is 12.3 Å². The number of sulfone groups is 1. The van der Waals surface area contributed by atoms with E-state index in [0.717, 1.165) is 16.6 Å². The molecule has 0 aliphatic carbocycles. The molecule has 1 N–H and O–H groups in total. The second kappa shape index (κ2) is 6.14. The minimum absolute atomic E-state index is 0.150. The van der Waals surface area contributed by atoms with Gasteiger partial charge in [-0.05, 0) is 17.7 Å². The van der Waals surface area contributed by atoms with E-state index in [1.54, 1.807) is 4.57 Å². The van der Waals surface area contributed by atoms with Crippen molar-refractivity contribution in [2.45, 2.75) is 18.4 Å². The Balaban J connectivity index is 2.02. The molecule has 1 heterocycles. The van der Waals surface area contributed by atoms with Crippen molar-refractivity contribution >= 4 is 20.9 Å². The molecule has 0 amide bonds. The van der Waals surface area contributed by atoms with Gasteiger partial charge in [0.1, 0.15) is 11.6 Å². The Morgan fingerprint density at radius 2 is 1.74 bits per heavy atom. The second-order valence-corrected chi connectivity index (χ2v) is 7.76. The van der Waals surface area contributed by atoms with Gasteiger partial charge in [-0.3, -0.25) is 0 Å². The summed E-state index contributed by atoms with van der Waals surface area (Å²) in [6.07, 6.45) is 0.455. The number of hydrogen-bond acceptors (Lipinski definition) is 4. The summed E-state index contributed by atoms with van der Waals surface area (Å²) in [5.74, 6) is 0.298. The lowest BCUT2D eigenvalue weighted by molar-refractivity contribution is 0.157. The molecule has 0 fully saturated rings. The Labute approximate surface area is 135 Å². The lowest BCUT2D eigenvalue weighted by Crippen LogP contribution is -2.14. The molecule has 1 aromatic heterocycles. The van der Waals surface area contributed by atoms with E-state index in [2.05, 4.69) is 4.98 Å². The monoisotopic (exact) mass is 330 g/mol. The summed E-state index contributed by atoms with van der Waals surface area (Å²) in [6.45, 7) is 0.259. The van der Waals surface area contributed by atoms with Crippen LogP contribution in [0.3, 0.4) is 0 Å². The van der Waals surface area contributed by atoms with Gasteiger partial charge in [-0.25, -0.2) is 13.4 Å². The largest absolute Gasteiger partial charge is 0.387 e. The van der Waals surface area contributed by atoms with Gasteiger partial charge in [0, 0.05) is 6.26 Å². The number of benzene rings is 2. The van der Waals surface area contributed by atoms with Crippen LogP contribution in [0.15, 0.2) is 54.6 Å². The van der Waals surface area contributed by atoms with Crippen molar-refractivity contribution in [2.75, 3.05) is 6.26 Å². The molecule has 0 bridgehead atoms. The van der Waals surface area contributed by atoms with E-state index in [0.29, 0.717) is 5.82 Å². The van der Waals surface area contributed by atoms with E-state index in [1.165, 1.54) is 6.26 Å². The summed E-state index contributed by atoms with van der Waals surface area (Å²) in [5.41, 5.74) is 2.34. The van der Waals surface area contributed by atoms with E-state index < -0.39 is 15.9 Å². The van der Waals surface area contributed by atoms with Crippen LogP contribution in [0.5, 0.6) is 0 Å². The molecule has 5 nitrogen and oxygen atoms in total. The van der Waals surface area contributed by atoms with Crippen molar-refractivity contribution in [3.63, 3.8) is 0 Å². The van der Waals surface area contributed by atoms with Crippen LogP contribution in [0.2, 0.25) is 0 Å². The summed E-state index contributed by atoms with van der Waals surface area (Å²) < 4.78 is 25.1. The fraction of sp³-hybridized carbons (Fsp3) is 0.235. The maximum Gasteiger partial charge on any atom is 0.154 e. The Morgan fingerprint density at radius 1 is 1.09 bits per heavy atom. The minimum Gasteiger partial charge on any atom is -0.387 e. The Bertz CT molecular complexity index is 917. The molecule has 1 atom stereocenters. The van der Waals surface area contributed by atoms with Gasteiger partial charge in [-0.15, -0.1) is 0 Å². The number of aliphatic hydroxyl groups is 1. The minimum atomic E-state index is -3.21. The summed E-state index contributed by atoms with van der Waals surface area (Å²) in [4.78, 5) is 4.42. The van der Waals surface area contributed by atoms with Gasteiger partial charge in [-0.2, -0.15) is 0 Å². The van der Waals surface area contributed by atoms with Gasteiger partial charge < -0.3 is 9.67 Å². The maximum atomic E-state index is 11.7. The molecule has 23 heavy (non-hydrogen) atoms. The first-order valence-corrected chi connectivity index (χ1v) is 9.35. The molecule has 120 valence electrons. The number of aromatic nitrogens is 2. The zero-order valence-corrected chi connectivity index (χ0v) is 13.6. The number of nitrogens with zero attached hydrogens (tertiary/aromatic N) is 2. The molecule has 6 heteroatoms. The standard InChI is InChI=1S/C17H18N2O3S/c1-23(21,22)12-17-18-14-9-5-6-10-15(14)19(17)11-16(20)13-7-3-2-4-8-13/h2-10,16,20H,11-12H2,1H3/t16-/m0/s1. The molecule has 0 unspecified atom stereocenters. The van der Waals surface area contributed by atoms with Crippen LogP contribution in [0.25, 0.3) is 11.0 Å². The van der Waals surface area contributed by atoms with Crippen LogP contribution >= 0.6 is 0 Å². The fourth-order valence-corrected chi connectivity index (χ4v) is 3.32. The third-order valence-electron chi connectivity index (χ3n) is 3.66. The van der Waals surface area contributed by atoms with E-state index in [1.807, 2.05) is 54.6 Å². The van der Waals surface area contributed by atoms with E-state index in [4.69, 9.17) is 0 Å². The third-order valence-corrected chi connectivity index (χ3v) is 4.45. The zero-order chi connectivity index (χ0) is 16.4. The lowest BCUT2D eigenvalue weighted by Gasteiger charge is -2.15. The molecule has 0 spiro atoms. The topological polar surface area (TPSA) is 72.2 Å². The average Bonchev–Trinajstić information content (AvgIpc) is 2.84. The van der Waals surface area contributed by atoms with Crippen molar-refractivity contribution in [3.05, 3.63) is 66.0 Å². The van der Waals surface area contributed by atoms with Crippen LogP contribution in [0.1, 0.15) is 17.5 Å². The average molecular weight is 330 g/mol. The highest BCUT2D eigenvalue weighted by atomic mass is 32.2. The van der Waals surface area contributed by atoms with Crippen molar-refractivity contribution in [1.29, 1.82) is 0 Å². The predicted molar refractivity (Wildman–Crippen MR) is 89.7 cm³/mol. The summed E-state index contributed by atoms with van der Waals surface area (Å²) in [5, 5.41) is 10.5. The highest BCUT2D eigenvalue weighted by Crippen LogP contribution is 2.22. The van der Waals surface area contributed by atoms with Crippen molar-refractivity contribution in [2.24, 2.45) is 0 Å². The molecule has 2 aromatic carbocycles. The summed E-state index contributed by atoms with van der Waals surface area (Å²) >= 11 is 0. The maximum absolute atomic E-state index is 11.7. The highest BCUT2D eigenvalue weighted by Gasteiger charge is 2.18. The number of rotatable bonds is 5. The smallest absolute Gasteiger partial charge is 0.154 e. The van der Waals surface area contributed by atoms with Crippen LogP contribution in [-0.2, 0) is 22.1 Å². The molecular weight excluding hydrogens is 312 g/mol. The Hall–Kier alpha value is -2.18. The summed E-state index contributed by atoms with van der Waals surface area (Å²) in [7, 11) is -3.21. The van der Waals surface area contributed by atoms with Crippen molar-refractivity contribution < 1.29 is 13.5 Å². The molecule has 3 rings (SSSR count). The van der Waals surface area contributed by atoms with Gasteiger partial charge in [0.2, 0.25) is 0 Å². The van der Waals surface area contributed by atoms with Crippen LogP contribution < -0.4 is 0 Å². The molecule has 3 aromatic rings. The molecule has 0 saturated carbocycles. The predicted octanol–water partition coefficient (Wildman–Crippen LogP) is 2.31. The number of aliphatic hydroxyl groups excluding tert-OH is 1. The van der Waals surface area contributed by atoms with E-state index in [9.17, 15) is 13.5 Å². The van der Waals surface area contributed by atoms with Gasteiger partial charge in [0.05, 0.1) is 23.7 Å². The number of hydrogen-bond donors (Lipinski definition) is 1. The first-order valence-electron chi connectivity index (χ1n) is 7.29. The molecule has 0 aliphatic heterocycles. The van der Waals surface area contributed by atoms with Gasteiger partial charge in [-0.1, -0.05) is 42.5 Å². The Kier molecular flexibility index (Phi) is 4.19. The second-order valence-electron chi connectivity index (χ2n) is 5.62. The molecule has 0 radical (unpaired) electrons. The van der Waals surface area contributed by atoms with Crippen LogP contribution in [-0.4, -0.2) is 29.3 Å². The quantitative estimate of drug-likeness (QED) is 0.779. The first kappa shape index (κ1) is 15.7. The first-order chi connectivity index (χ1) is 10.9. The zero-order valence-electron chi connectivity index (χ0n) is 12.8. The van der Waals surface area contributed by atoms with Crippen LogP contribution in [0, 0.1) is 0 Å². The molecular formula is C17H18N2O3S. The Morgan fingerprint density at radius 3 is 2.43 bits per heavy atom. The van der Waals surface area contributed by atoms with Gasteiger partial charge in [0.15, 0.2) is 9.84 Å². The number of fused-ring (bicyclic) bond motifs is 1. The highest BCUT2D eigenvalue weighted by molar-refractivity contribution is 7.89. The lowest BCUT2D eigenvalue weighted by atomic mass is 10.1. The number of para-hydroxylation sites is 2. The normalized spacial score (nSPS) is 13.3. The van der Waals surface area contributed by atoms with Crippen molar-refractivity contribution in [1.82, 2.24) is 9.55 Å². The van der Waals surface area contributed by atoms with Gasteiger partial charge in [0.25, 0.3) is 0 Å². The van der Waals surface area contributed by atoms with Crippen LogP contribution in [0.4, 0.5) is 0 Å². The fourth-order valence-electron chi connectivity index (χ4n) is 2.63. The van der Waals surface area contributed by atoms with E-state index >= 15 is 0 Å². The summed E-state index contributed by atoms with van der Waals surface area (Å²) in [6, 6.07) is 16.8. The number of imidazole rings is 1. The molecule has 0 aliphatic rings. The molecule has 0 saturated heterocycles. The third kappa shape index (κ3) is 3.60. The van der Waals surface area contributed by atoms with Gasteiger partial charge >= 0.3 is 0 Å². The SMILES string of the molecule is CS(=O)(=O)Cc1nc2ccccc2n1C[C@H](O)c1ccccc1.